The number of nitrogens with zero attached hydrogens (tertiary/aromatic N) is 2. The van der Waals surface area contributed by atoms with Crippen LogP contribution >= 0.6 is 0 Å². The summed E-state index contributed by atoms with van der Waals surface area (Å²) in [5, 5.41) is 0. The highest BCUT2D eigenvalue weighted by molar-refractivity contribution is 7.89. The Balaban J connectivity index is 2.10. The van der Waals surface area contributed by atoms with Crippen molar-refractivity contribution < 1.29 is 17.6 Å². The van der Waals surface area contributed by atoms with Gasteiger partial charge in [0.2, 0.25) is 15.9 Å². The summed E-state index contributed by atoms with van der Waals surface area (Å²) in [5.74, 6) is 1.84. The molecular weight excluding hydrogens is 316 g/mol. The van der Waals surface area contributed by atoms with Crippen LogP contribution < -0.4 is 0 Å². The smallest absolute Gasteiger partial charge is 0.224 e. The Kier molecular flexibility index (Phi) is 5.52. The molecule has 1 fully saturated rings. The number of aryl methyl sites for hydroxylation is 1. The van der Waals surface area contributed by atoms with Crippen LogP contribution in [0.15, 0.2) is 16.5 Å². The third kappa shape index (κ3) is 4.35. The lowest BCUT2D eigenvalue weighted by molar-refractivity contribution is -0.135. The zero-order valence-electron chi connectivity index (χ0n) is 14.3. The molecule has 1 aliphatic rings. The lowest BCUT2D eigenvalue weighted by Gasteiger charge is -2.37. The lowest BCUT2D eigenvalue weighted by atomic mass is 9.91. The summed E-state index contributed by atoms with van der Waals surface area (Å²) in [6.45, 7) is 4.69. The van der Waals surface area contributed by atoms with Crippen LogP contribution in [0.2, 0.25) is 0 Å². The van der Waals surface area contributed by atoms with E-state index in [0.717, 1.165) is 28.7 Å². The quantitative estimate of drug-likeness (QED) is 0.822. The molecule has 1 aliphatic heterocycles. The fourth-order valence-electron chi connectivity index (χ4n) is 2.88. The van der Waals surface area contributed by atoms with Crippen molar-refractivity contribution in [2.45, 2.75) is 39.2 Å². The summed E-state index contributed by atoms with van der Waals surface area (Å²) in [7, 11) is -0.392. The minimum Gasteiger partial charge on any atom is -0.464 e. The van der Waals surface area contributed by atoms with Crippen LogP contribution in [0.25, 0.3) is 0 Å². The van der Waals surface area contributed by atoms with Gasteiger partial charge in [0.25, 0.3) is 0 Å². The zero-order chi connectivity index (χ0) is 17.2. The summed E-state index contributed by atoms with van der Waals surface area (Å²) >= 11 is 0. The molecule has 0 radical (unpaired) electrons. The van der Waals surface area contributed by atoms with Crippen molar-refractivity contribution in [1.82, 2.24) is 9.21 Å². The van der Waals surface area contributed by atoms with Crippen LogP contribution in [0.5, 0.6) is 0 Å². The molecule has 0 N–H and O–H groups in total. The fraction of sp³-hybridized carbons (Fsp3) is 0.688. The average molecular weight is 342 g/mol. The highest BCUT2D eigenvalue weighted by atomic mass is 32.2. The van der Waals surface area contributed by atoms with Crippen LogP contribution in [0.3, 0.4) is 0 Å². The molecule has 0 saturated carbocycles. The molecule has 6 nitrogen and oxygen atoms in total. The first-order valence-electron chi connectivity index (χ1n) is 7.96. The maximum Gasteiger partial charge on any atom is 0.224 e. The van der Waals surface area contributed by atoms with E-state index in [0.29, 0.717) is 12.5 Å². The van der Waals surface area contributed by atoms with Crippen molar-refractivity contribution in [3.05, 3.63) is 23.7 Å². The van der Waals surface area contributed by atoms with Crippen LogP contribution in [0.4, 0.5) is 0 Å². The van der Waals surface area contributed by atoms with E-state index in [4.69, 9.17) is 4.42 Å². The molecule has 130 valence electrons. The number of hydrogen-bond acceptors (Lipinski definition) is 4. The third-order valence-electron chi connectivity index (χ3n) is 4.40. The Bertz CT molecular complexity index is 651. The van der Waals surface area contributed by atoms with Crippen LogP contribution in [0.1, 0.15) is 43.7 Å². The summed E-state index contributed by atoms with van der Waals surface area (Å²) in [6.07, 6.45) is 1.78. The molecule has 7 heteroatoms. The zero-order valence-corrected chi connectivity index (χ0v) is 15.1. The standard InChI is InChI=1S/C16H26N2O4S/c1-12-7-9-18(14(11-12)15-6-5-13(2)22-15)16(19)8-10-23(20,21)17(3)4/h5-6,12,14H,7-11H2,1-4H3. The first-order chi connectivity index (χ1) is 10.7. The van der Waals surface area contributed by atoms with Gasteiger partial charge >= 0.3 is 0 Å². The number of carbonyl (C=O) groups is 1. The Hall–Kier alpha value is -1.34. The normalized spacial score (nSPS) is 22.6. The van der Waals surface area contributed by atoms with Gasteiger partial charge in [-0.2, -0.15) is 0 Å². The summed E-state index contributed by atoms with van der Waals surface area (Å²) in [4.78, 5) is 14.3. The molecule has 2 rings (SSSR count). The van der Waals surface area contributed by atoms with E-state index in [1.165, 1.54) is 14.1 Å². The van der Waals surface area contributed by atoms with Gasteiger partial charge in [0, 0.05) is 27.1 Å². The Morgan fingerprint density at radius 3 is 2.65 bits per heavy atom. The van der Waals surface area contributed by atoms with Crippen molar-refractivity contribution in [2.24, 2.45) is 5.92 Å². The van der Waals surface area contributed by atoms with Gasteiger partial charge in [-0.15, -0.1) is 0 Å². The first kappa shape index (κ1) is 18.0. The van der Waals surface area contributed by atoms with Crippen LogP contribution in [-0.2, 0) is 14.8 Å². The number of piperidine rings is 1. The van der Waals surface area contributed by atoms with E-state index in [2.05, 4.69) is 6.92 Å². The molecule has 1 aromatic heterocycles. The van der Waals surface area contributed by atoms with Gasteiger partial charge in [0.15, 0.2) is 0 Å². The molecule has 0 spiro atoms. The summed E-state index contributed by atoms with van der Waals surface area (Å²) < 4.78 is 30.6. The number of carbonyl (C=O) groups excluding carboxylic acids is 1. The molecular formula is C16H26N2O4S. The number of likely N-dealkylation sites (tertiary alicyclic amines) is 1. The number of furan rings is 1. The second-order valence-corrected chi connectivity index (χ2v) is 8.83. The summed E-state index contributed by atoms with van der Waals surface area (Å²) in [6, 6.07) is 3.71. The van der Waals surface area contributed by atoms with E-state index in [1.807, 2.05) is 19.1 Å². The highest BCUT2D eigenvalue weighted by Crippen LogP contribution is 2.35. The van der Waals surface area contributed by atoms with Crippen molar-refractivity contribution in [1.29, 1.82) is 0 Å². The van der Waals surface area contributed by atoms with Crippen molar-refractivity contribution >= 4 is 15.9 Å². The van der Waals surface area contributed by atoms with Crippen molar-refractivity contribution in [3.63, 3.8) is 0 Å². The number of sulfonamides is 1. The summed E-state index contributed by atoms with van der Waals surface area (Å²) in [5.41, 5.74) is 0. The molecule has 1 saturated heterocycles. The molecule has 2 heterocycles. The van der Waals surface area contributed by atoms with Crippen molar-refractivity contribution in [3.8, 4) is 0 Å². The number of hydrogen-bond donors (Lipinski definition) is 0. The third-order valence-corrected chi connectivity index (χ3v) is 6.24. The molecule has 0 aliphatic carbocycles. The first-order valence-corrected chi connectivity index (χ1v) is 9.57. The second kappa shape index (κ2) is 7.05. The van der Waals surface area contributed by atoms with Gasteiger partial charge in [-0.25, -0.2) is 12.7 Å². The minimum absolute atomic E-state index is 0.00504. The van der Waals surface area contributed by atoms with Gasteiger partial charge < -0.3 is 9.32 Å². The average Bonchev–Trinajstić information content (AvgIpc) is 2.91. The Morgan fingerprint density at radius 2 is 2.09 bits per heavy atom. The largest absolute Gasteiger partial charge is 0.464 e. The highest BCUT2D eigenvalue weighted by Gasteiger charge is 2.33. The molecule has 2 unspecified atom stereocenters. The predicted molar refractivity (Wildman–Crippen MR) is 88.4 cm³/mol. The monoisotopic (exact) mass is 342 g/mol. The van der Waals surface area contributed by atoms with Crippen molar-refractivity contribution in [2.75, 3.05) is 26.4 Å². The van der Waals surface area contributed by atoms with Crippen LogP contribution in [-0.4, -0.2) is 49.9 Å². The molecule has 0 aromatic carbocycles. The van der Waals surface area contributed by atoms with Gasteiger partial charge in [-0.1, -0.05) is 6.92 Å². The van der Waals surface area contributed by atoms with Gasteiger partial charge in [0.1, 0.15) is 11.5 Å². The lowest BCUT2D eigenvalue weighted by Crippen LogP contribution is -2.41. The van der Waals surface area contributed by atoms with E-state index in [9.17, 15) is 13.2 Å². The van der Waals surface area contributed by atoms with E-state index < -0.39 is 10.0 Å². The van der Waals surface area contributed by atoms with Crippen LogP contribution in [0, 0.1) is 12.8 Å². The molecule has 0 bridgehead atoms. The van der Waals surface area contributed by atoms with Gasteiger partial charge in [-0.3, -0.25) is 4.79 Å². The molecule has 1 amide bonds. The Morgan fingerprint density at radius 1 is 1.39 bits per heavy atom. The van der Waals surface area contributed by atoms with Gasteiger partial charge in [0.05, 0.1) is 11.8 Å². The molecule has 23 heavy (non-hydrogen) atoms. The Labute approximate surface area is 138 Å². The molecule has 2 atom stereocenters. The van der Waals surface area contributed by atoms with E-state index >= 15 is 0 Å². The SMILES string of the molecule is Cc1ccc(C2CC(C)CCN2C(=O)CCS(=O)(=O)N(C)C)o1. The van der Waals surface area contributed by atoms with E-state index in [-0.39, 0.29) is 24.1 Å². The second-order valence-electron chi connectivity index (χ2n) is 6.53. The predicted octanol–water partition coefficient (Wildman–Crippen LogP) is 2.17. The van der Waals surface area contributed by atoms with E-state index in [1.54, 1.807) is 4.90 Å². The number of rotatable bonds is 5. The van der Waals surface area contributed by atoms with Gasteiger partial charge in [-0.05, 0) is 37.8 Å². The topological polar surface area (TPSA) is 70.8 Å². The maximum atomic E-state index is 12.6. The molecule has 1 aromatic rings. The fourth-order valence-corrected chi connectivity index (χ4v) is 3.68. The minimum atomic E-state index is -3.36. The number of amides is 1. The maximum absolute atomic E-state index is 12.6.